The van der Waals surface area contributed by atoms with Crippen molar-refractivity contribution in [2.45, 2.75) is 13.1 Å². The average molecular weight is 486 g/mol. The molecule has 0 atom stereocenters. The van der Waals surface area contributed by atoms with E-state index in [9.17, 15) is 0 Å². The number of aromatic nitrogens is 1. The number of halogens is 1. The van der Waals surface area contributed by atoms with E-state index < -0.39 is 0 Å². The molecule has 3 rings (SSSR count). The van der Waals surface area contributed by atoms with Crippen molar-refractivity contribution in [1.29, 1.82) is 0 Å². The Morgan fingerprint density at radius 1 is 1.15 bits per heavy atom. The number of aliphatic imine (C=N–C) groups is 1. The van der Waals surface area contributed by atoms with Gasteiger partial charge >= 0.3 is 0 Å². The van der Waals surface area contributed by atoms with Crippen LogP contribution in [0.3, 0.4) is 0 Å². The molecular formula is C18H27IN6S. The van der Waals surface area contributed by atoms with E-state index in [1.165, 1.54) is 10.4 Å². The summed E-state index contributed by atoms with van der Waals surface area (Å²) in [7, 11) is 3.97. The van der Waals surface area contributed by atoms with Crippen molar-refractivity contribution in [3.8, 4) is 0 Å². The van der Waals surface area contributed by atoms with Crippen LogP contribution in [0.4, 0.5) is 5.82 Å². The number of thiophene rings is 1. The molecule has 6 nitrogen and oxygen atoms in total. The van der Waals surface area contributed by atoms with Crippen LogP contribution in [0.25, 0.3) is 0 Å². The molecule has 0 radical (unpaired) electrons. The molecule has 0 bridgehead atoms. The van der Waals surface area contributed by atoms with E-state index >= 15 is 0 Å². The van der Waals surface area contributed by atoms with E-state index in [2.05, 4.69) is 61.0 Å². The Balaban J connectivity index is 0.00000243. The van der Waals surface area contributed by atoms with Gasteiger partial charge in [0.05, 0.1) is 6.54 Å². The maximum Gasteiger partial charge on any atom is 0.191 e. The first-order valence-corrected chi connectivity index (χ1v) is 9.48. The fourth-order valence-corrected chi connectivity index (χ4v) is 3.50. The SMILES string of the molecule is CN=C(NCc1cccs1)NCc1cccnc1N1CCN(C)CC1.I. The summed E-state index contributed by atoms with van der Waals surface area (Å²) in [5, 5.41) is 8.85. The molecule has 2 aromatic rings. The zero-order valence-electron chi connectivity index (χ0n) is 15.3. The maximum absolute atomic E-state index is 4.63. The Labute approximate surface area is 176 Å². The molecule has 0 unspecified atom stereocenters. The number of guanidine groups is 1. The fourth-order valence-electron chi connectivity index (χ4n) is 2.85. The Morgan fingerprint density at radius 2 is 1.92 bits per heavy atom. The van der Waals surface area contributed by atoms with E-state index in [1.807, 2.05) is 12.3 Å². The lowest BCUT2D eigenvalue weighted by Crippen LogP contribution is -2.45. The standard InChI is InChI=1S/C18H26N6S.HI/c1-19-18(22-14-16-6-4-12-25-16)21-13-15-5-3-7-20-17(15)24-10-8-23(2)9-11-24;/h3-7,12H,8-11,13-14H2,1-2H3,(H2,19,21,22);1H. The molecule has 1 saturated heterocycles. The minimum atomic E-state index is 0. The first-order valence-electron chi connectivity index (χ1n) is 8.60. The monoisotopic (exact) mass is 486 g/mol. The molecule has 0 spiro atoms. The van der Waals surface area contributed by atoms with Crippen LogP contribution in [0, 0.1) is 0 Å². The number of nitrogens with zero attached hydrogens (tertiary/aromatic N) is 4. The summed E-state index contributed by atoms with van der Waals surface area (Å²) in [5.74, 6) is 1.89. The van der Waals surface area contributed by atoms with E-state index in [-0.39, 0.29) is 24.0 Å². The van der Waals surface area contributed by atoms with Crippen LogP contribution in [0.1, 0.15) is 10.4 Å². The van der Waals surface area contributed by atoms with Crippen molar-refractivity contribution in [1.82, 2.24) is 20.5 Å². The molecule has 3 heterocycles. The number of pyridine rings is 1. The quantitative estimate of drug-likeness (QED) is 0.386. The van der Waals surface area contributed by atoms with E-state index in [0.29, 0.717) is 6.54 Å². The second-order valence-corrected chi connectivity index (χ2v) is 7.17. The molecule has 0 saturated carbocycles. The topological polar surface area (TPSA) is 55.8 Å². The molecule has 0 aliphatic carbocycles. The van der Waals surface area contributed by atoms with E-state index in [1.54, 1.807) is 18.4 Å². The second-order valence-electron chi connectivity index (χ2n) is 6.14. The maximum atomic E-state index is 4.63. The van der Waals surface area contributed by atoms with Gasteiger partial charge in [0.15, 0.2) is 5.96 Å². The molecular weight excluding hydrogens is 459 g/mol. The van der Waals surface area contributed by atoms with Crippen LogP contribution in [-0.2, 0) is 13.1 Å². The van der Waals surface area contributed by atoms with Crippen LogP contribution < -0.4 is 15.5 Å². The fraction of sp³-hybridized carbons (Fsp3) is 0.444. The highest BCUT2D eigenvalue weighted by Crippen LogP contribution is 2.18. The van der Waals surface area contributed by atoms with Gasteiger partial charge in [-0.15, -0.1) is 35.3 Å². The lowest BCUT2D eigenvalue weighted by molar-refractivity contribution is 0.312. The Hall–Kier alpha value is -1.39. The smallest absolute Gasteiger partial charge is 0.191 e. The highest BCUT2D eigenvalue weighted by Gasteiger charge is 2.17. The van der Waals surface area contributed by atoms with Gasteiger partial charge in [-0.1, -0.05) is 12.1 Å². The molecule has 0 aromatic carbocycles. The Morgan fingerprint density at radius 3 is 2.62 bits per heavy atom. The van der Waals surface area contributed by atoms with Crippen LogP contribution in [0.15, 0.2) is 40.8 Å². The van der Waals surface area contributed by atoms with Gasteiger partial charge in [-0.3, -0.25) is 4.99 Å². The molecule has 1 aliphatic heterocycles. The van der Waals surface area contributed by atoms with Crippen molar-refractivity contribution in [2.24, 2.45) is 4.99 Å². The van der Waals surface area contributed by atoms with Crippen LogP contribution in [0.2, 0.25) is 0 Å². The van der Waals surface area contributed by atoms with Gasteiger partial charge in [-0.2, -0.15) is 0 Å². The lowest BCUT2D eigenvalue weighted by Gasteiger charge is -2.34. The second kappa shape index (κ2) is 10.7. The first-order chi connectivity index (χ1) is 12.3. The molecule has 8 heteroatoms. The largest absolute Gasteiger partial charge is 0.354 e. The Kier molecular flexibility index (Phi) is 8.60. The summed E-state index contributed by atoms with van der Waals surface area (Å²) in [6.45, 7) is 5.69. The van der Waals surface area contributed by atoms with Gasteiger partial charge in [0.2, 0.25) is 0 Å². The third-order valence-electron chi connectivity index (χ3n) is 4.35. The molecule has 26 heavy (non-hydrogen) atoms. The highest BCUT2D eigenvalue weighted by molar-refractivity contribution is 14.0. The van der Waals surface area contributed by atoms with Crippen molar-refractivity contribution >= 4 is 47.1 Å². The normalized spacial score (nSPS) is 15.5. The van der Waals surface area contributed by atoms with Crippen LogP contribution in [-0.4, -0.2) is 56.1 Å². The minimum Gasteiger partial charge on any atom is -0.354 e. The summed E-state index contributed by atoms with van der Waals surface area (Å²) in [5.41, 5.74) is 1.20. The van der Waals surface area contributed by atoms with Crippen LogP contribution >= 0.6 is 35.3 Å². The van der Waals surface area contributed by atoms with Gasteiger partial charge in [-0.25, -0.2) is 4.98 Å². The number of nitrogens with one attached hydrogen (secondary N) is 2. The summed E-state index contributed by atoms with van der Waals surface area (Å²) in [6.07, 6.45) is 1.88. The van der Waals surface area contributed by atoms with Crippen molar-refractivity contribution in [3.63, 3.8) is 0 Å². The van der Waals surface area contributed by atoms with Crippen molar-refractivity contribution in [3.05, 3.63) is 46.3 Å². The van der Waals surface area contributed by atoms with Crippen molar-refractivity contribution in [2.75, 3.05) is 45.2 Å². The summed E-state index contributed by atoms with van der Waals surface area (Å²) < 4.78 is 0. The number of anilines is 1. The number of piperazine rings is 1. The minimum absolute atomic E-state index is 0. The summed E-state index contributed by atoms with van der Waals surface area (Å²) >= 11 is 1.75. The van der Waals surface area contributed by atoms with E-state index in [0.717, 1.165) is 44.5 Å². The zero-order valence-corrected chi connectivity index (χ0v) is 18.5. The molecule has 142 valence electrons. The van der Waals surface area contributed by atoms with Gasteiger partial charge in [0.25, 0.3) is 0 Å². The predicted octanol–water partition coefficient (Wildman–Crippen LogP) is 2.38. The third kappa shape index (κ3) is 5.82. The molecule has 2 aromatic heterocycles. The summed E-state index contributed by atoms with van der Waals surface area (Å²) in [4.78, 5) is 15.0. The zero-order chi connectivity index (χ0) is 17.5. The van der Waals surface area contributed by atoms with Gasteiger partial charge in [-0.05, 0) is 24.6 Å². The predicted molar refractivity (Wildman–Crippen MR) is 121 cm³/mol. The molecule has 0 amide bonds. The molecule has 1 aliphatic rings. The summed E-state index contributed by atoms with van der Waals surface area (Å²) in [6, 6.07) is 8.33. The average Bonchev–Trinajstić information content (AvgIpc) is 3.16. The van der Waals surface area contributed by atoms with Crippen LogP contribution in [0.5, 0.6) is 0 Å². The molecule has 1 fully saturated rings. The van der Waals surface area contributed by atoms with E-state index in [4.69, 9.17) is 0 Å². The van der Waals surface area contributed by atoms with Gasteiger partial charge in [0, 0.05) is 56.4 Å². The highest BCUT2D eigenvalue weighted by atomic mass is 127. The number of hydrogen-bond donors (Lipinski definition) is 2. The van der Waals surface area contributed by atoms with Crippen molar-refractivity contribution < 1.29 is 0 Å². The Bertz CT molecular complexity index is 683. The lowest BCUT2D eigenvalue weighted by atomic mass is 10.2. The first kappa shape index (κ1) is 20.9. The van der Waals surface area contributed by atoms with Gasteiger partial charge < -0.3 is 20.4 Å². The number of rotatable bonds is 5. The third-order valence-corrected chi connectivity index (χ3v) is 5.23. The number of hydrogen-bond acceptors (Lipinski definition) is 5. The molecule has 2 N–H and O–H groups in total. The number of likely N-dealkylation sites (N-methyl/N-ethyl adjacent to an activating group) is 1. The van der Waals surface area contributed by atoms with Gasteiger partial charge in [0.1, 0.15) is 5.82 Å².